The van der Waals surface area contributed by atoms with Gasteiger partial charge in [0.05, 0.1) is 5.69 Å². The average molecular weight is 368 g/mol. The van der Waals surface area contributed by atoms with Gasteiger partial charge in [-0.1, -0.05) is 11.6 Å². The van der Waals surface area contributed by atoms with Gasteiger partial charge in [0.2, 0.25) is 5.95 Å². The van der Waals surface area contributed by atoms with E-state index in [9.17, 15) is 0 Å². The summed E-state index contributed by atoms with van der Waals surface area (Å²) >= 11 is 6.12. The van der Waals surface area contributed by atoms with Crippen molar-refractivity contribution in [3.8, 4) is 11.3 Å². The van der Waals surface area contributed by atoms with E-state index in [1.807, 2.05) is 43.3 Å². The van der Waals surface area contributed by atoms with Crippen molar-refractivity contribution in [1.29, 1.82) is 0 Å². The highest BCUT2D eigenvalue weighted by molar-refractivity contribution is 6.31. The summed E-state index contributed by atoms with van der Waals surface area (Å²) in [5.74, 6) is 1.28. The van der Waals surface area contributed by atoms with E-state index >= 15 is 0 Å². The Labute approximate surface area is 158 Å². The van der Waals surface area contributed by atoms with Crippen LogP contribution in [0.25, 0.3) is 11.3 Å². The molecule has 0 saturated carbocycles. The fourth-order valence-corrected chi connectivity index (χ4v) is 2.56. The number of aromatic nitrogens is 3. The van der Waals surface area contributed by atoms with Gasteiger partial charge in [0.15, 0.2) is 0 Å². The van der Waals surface area contributed by atoms with Crippen LogP contribution in [-0.4, -0.2) is 20.5 Å². The van der Waals surface area contributed by atoms with E-state index in [1.54, 1.807) is 12.4 Å². The first-order valence-electron chi connectivity index (χ1n) is 8.41. The predicted molar refractivity (Wildman–Crippen MR) is 108 cm³/mol. The Morgan fingerprint density at radius 2 is 1.69 bits per heavy atom. The summed E-state index contributed by atoms with van der Waals surface area (Å²) in [6.07, 6.45) is 3.51. The van der Waals surface area contributed by atoms with Crippen molar-refractivity contribution < 1.29 is 0 Å². The van der Waals surface area contributed by atoms with Crippen molar-refractivity contribution >= 4 is 29.1 Å². The standard InChI is InChI=1S/C20H22ClN5/c1-13-11-15(5-6-16(13)21)23-18-12-17(14-7-9-22-10-8-14)24-19(25-18)26-20(2,3)4/h5-12H,1-4H3,(H2,23,24,25,26). The van der Waals surface area contributed by atoms with E-state index in [0.29, 0.717) is 11.8 Å². The van der Waals surface area contributed by atoms with Gasteiger partial charge in [-0.3, -0.25) is 4.98 Å². The molecule has 0 atom stereocenters. The minimum absolute atomic E-state index is 0.148. The lowest BCUT2D eigenvalue weighted by atomic mass is 10.1. The third-order valence-electron chi connectivity index (χ3n) is 3.62. The van der Waals surface area contributed by atoms with E-state index in [2.05, 4.69) is 46.4 Å². The van der Waals surface area contributed by atoms with Gasteiger partial charge in [-0.25, -0.2) is 4.98 Å². The molecule has 2 aromatic heterocycles. The van der Waals surface area contributed by atoms with Gasteiger partial charge in [-0.15, -0.1) is 0 Å². The Kier molecular flexibility index (Phi) is 5.09. The van der Waals surface area contributed by atoms with Crippen LogP contribution in [0.5, 0.6) is 0 Å². The third-order valence-corrected chi connectivity index (χ3v) is 4.04. The van der Waals surface area contributed by atoms with Gasteiger partial charge in [-0.05, 0) is 63.6 Å². The zero-order valence-corrected chi connectivity index (χ0v) is 16.1. The maximum Gasteiger partial charge on any atom is 0.225 e. The van der Waals surface area contributed by atoms with Crippen molar-refractivity contribution in [2.45, 2.75) is 33.2 Å². The largest absolute Gasteiger partial charge is 0.350 e. The van der Waals surface area contributed by atoms with Crippen LogP contribution in [0.1, 0.15) is 26.3 Å². The van der Waals surface area contributed by atoms with Gasteiger partial charge in [0.25, 0.3) is 0 Å². The highest BCUT2D eigenvalue weighted by Gasteiger charge is 2.14. The molecule has 134 valence electrons. The lowest BCUT2D eigenvalue weighted by Gasteiger charge is -2.21. The molecule has 0 spiro atoms. The SMILES string of the molecule is Cc1cc(Nc2cc(-c3ccncc3)nc(NC(C)(C)C)n2)ccc1Cl. The Hall–Kier alpha value is -2.66. The fraction of sp³-hybridized carbons (Fsp3) is 0.250. The molecule has 0 unspecified atom stereocenters. The van der Waals surface area contributed by atoms with E-state index in [-0.39, 0.29) is 5.54 Å². The Morgan fingerprint density at radius 3 is 2.35 bits per heavy atom. The first-order chi connectivity index (χ1) is 12.3. The normalized spacial score (nSPS) is 11.3. The molecule has 0 saturated heterocycles. The summed E-state index contributed by atoms with van der Waals surface area (Å²) < 4.78 is 0. The average Bonchev–Trinajstić information content (AvgIpc) is 2.57. The minimum Gasteiger partial charge on any atom is -0.350 e. The number of pyridine rings is 1. The quantitative estimate of drug-likeness (QED) is 0.641. The number of rotatable bonds is 4. The Balaban J connectivity index is 2.00. The van der Waals surface area contributed by atoms with Gasteiger partial charge >= 0.3 is 0 Å². The van der Waals surface area contributed by atoms with Crippen LogP contribution in [0.3, 0.4) is 0 Å². The molecule has 0 bridgehead atoms. The van der Waals surface area contributed by atoms with Crippen LogP contribution >= 0.6 is 11.6 Å². The molecule has 3 rings (SSSR count). The van der Waals surface area contributed by atoms with Crippen LogP contribution in [0.4, 0.5) is 17.5 Å². The van der Waals surface area contributed by atoms with Crippen LogP contribution in [0.15, 0.2) is 48.8 Å². The number of halogens is 1. The van der Waals surface area contributed by atoms with Gasteiger partial charge in [0, 0.05) is 40.3 Å². The summed E-state index contributed by atoms with van der Waals surface area (Å²) in [5, 5.41) is 7.42. The maximum atomic E-state index is 6.12. The molecule has 1 aromatic carbocycles. The Bertz CT molecular complexity index is 904. The summed E-state index contributed by atoms with van der Waals surface area (Å²) in [6, 6.07) is 11.6. The first kappa shape index (κ1) is 18.1. The lowest BCUT2D eigenvalue weighted by Crippen LogP contribution is -2.27. The molecule has 5 nitrogen and oxygen atoms in total. The molecule has 0 aliphatic heterocycles. The van der Waals surface area contributed by atoms with Crippen LogP contribution in [0, 0.1) is 6.92 Å². The molecule has 6 heteroatoms. The molecule has 0 amide bonds. The van der Waals surface area contributed by atoms with E-state index in [0.717, 1.165) is 27.5 Å². The molecule has 2 N–H and O–H groups in total. The van der Waals surface area contributed by atoms with Gasteiger partial charge in [0.1, 0.15) is 5.82 Å². The second kappa shape index (κ2) is 7.30. The zero-order valence-electron chi connectivity index (χ0n) is 15.3. The lowest BCUT2D eigenvalue weighted by molar-refractivity contribution is 0.626. The second-order valence-electron chi connectivity index (χ2n) is 7.16. The number of benzene rings is 1. The van der Waals surface area contributed by atoms with E-state index < -0.39 is 0 Å². The molecule has 0 fully saturated rings. The number of hydrogen-bond acceptors (Lipinski definition) is 5. The molecule has 0 aliphatic rings. The van der Waals surface area contributed by atoms with Crippen molar-refractivity contribution in [3.05, 3.63) is 59.4 Å². The number of anilines is 3. The van der Waals surface area contributed by atoms with Gasteiger partial charge in [-0.2, -0.15) is 4.98 Å². The summed E-state index contributed by atoms with van der Waals surface area (Å²) in [5.41, 5.74) is 3.59. The van der Waals surface area contributed by atoms with Crippen molar-refractivity contribution in [2.24, 2.45) is 0 Å². The topological polar surface area (TPSA) is 62.7 Å². The summed E-state index contributed by atoms with van der Waals surface area (Å²) in [6.45, 7) is 8.20. The molecule has 3 aromatic rings. The Morgan fingerprint density at radius 1 is 0.962 bits per heavy atom. The molecule has 0 aliphatic carbocycles. The second-order valence-corrected chi connectivity index (χ2v) is 7.57. The molecule has 26 heavy (non-hydrogen) atoms. The smallest absolute Gasteiger partial charge is 0.225 e. The monoisotopic (exact) mass is 367 g/mol. The van der Waals surface area contributed by atoms with Crippen LogP contribution < -0.4 is 10.6 Å². The molecule has 2 heterocycles. The van der Waals surface area contributed by atoms with Crippen LogP contribution in [-0.2, 0) is 0 Å². The fourth-order valence-electron chi connectivity index (χ4n) is 2.44. The molecular formula is C20H22ClN5. The molecular weight excluding hydrogens is 346 g/mol. The van der Waals surface area contributed by atoms with Gasteiger partial charge < -0.3 is 10.6 Å². The van der Waals surface area contributed by atoms with Crippen molar-refractivity contribution in [1.82, 2.24) is 15.0 Å². The summed E-state index contributed by atoms with van der Waals surface area (Å²) in [7, 11) is 0. The first-order valence-corrected chi connectivity index (χ1v) is 8.79. The number of hydrogen-bond donors (Lipinski definition) is 2. The van der Waals surface area contributed by atoms with Crippen molar-refractivity contribution in [2.75, 3.05) is 10.6 Å². The zero-order chi connectivity index (χ0) is 18.7. The minimum atomic E-state index is -0.148. The number of aryl methyl sites for hydroxylation is 1. The molecule has 0 radical (unpaired) electrons. The predicted octanol–water partition coefficient (Wildman–Crippen LogP) is 5.45. The highest BCUT2D eigenvalue weighted by atomic mass is 35.5. The van der Waals surface area contributed by atoms with Crippen LogP contribution in [0.2, 0.25) is 5.02 Å². The third kappa shape index (κ3) is 4.70. The summed E-state index contributed by atoms with van der Waals surface area (Å²) in [4.78, 5) is 13.3. The number of nitrogens with one attached hydrogen (secondary N) is 2. The number of nitrogens with zero attached hydrogens (tertiary/aromatic N) is 3. The maximum absolute atomic E-state index is 6.12. The van der Waals surface area contributed by atoms with Crippen molar-refractivity contribution in [3.63, 3.8) is 0 Å². The van der Waals surface area contributed by atoms with E-state index in [1.165, 1.54) is 0 Å². The van der Waals surface area contributed by atoms with E-state index in [4.69, 9.17) is 11.6 Å². The highest BCUT2D eigenvalue weighted by Crippen LogP contribution is 2.26.